The molecule has 0 aliphatic rings. The molecule has 0 saturated carbocycles. The van der Waals surface area contributed by atoms with Gasteiger partial charge in [0.05, 0.1) is 12.8 Å². The van der Waals surface area contributed by atoms with E-state index in [9.17, 15) is 4.79 Å². The summed E-state index contributed by atoms with van der Waals surface area (Å²) in [4.78, 5) is 15.1. The van der Waals surface area contributed by atoms with Gasteiger partial charge in [-0.3, -0.25) is 0 Å². The van der Waals surface area contributed by atoms with E-state index in [1.54, 1.807) is 19.1 Å². The second kappa shape index (κ2) is 3.89. The molecule has 0 N–H and O–H groups in total. The molecular formula is C9H11NO3. The number of methoxy groups -OCH3 is 1. The van der Waals surface area contributed by atoms with Crippen LogP contribution in [0.2, 0.25) is 0 Å². The maximum absolute atomic E-state index is 11.1. The quantitative estimate of drug-likeness (QED) is 0.653. The minimum Gasteiger partial charge on any atom is -0.463 e. The van der Waals surface area contributed by atoms with Crippen molar-refractivity contribution < 1.29 is 13.9 Å². The molecule has 70 valence electrons. The topological polar surface area (TPSA) is 52.3 Å². The van der Waals surface area contributed by atoms with Gasteiger partial charge in [0.1, 0.15) is 0 Å². The molecule has 0 saturated heterocycles. The number of hydrogen-bond donors (Lipinski definition) is 0. The van der Waals surface area contributed by atoms with Crippen LogP contribution in [-0.2, 0) is 4.74 Å². The zero-order valence-corrected chi connectivity index (χ0v) is 7.83. The average Bonchev–Trinajstić information content (AvgIpc) is 2.46. The van der Waals surface area contributed by atoms with E-state index in [1.807, 2.05) is 6.92 Å². The van der Waals surface area contributed by atoms with Crippen LogP contribution in [0, 0.1) is 6.92 Å². The molecule has 1 aromatic heterocycles. The molecule has 0 spiro atoms. The van der Waals surface area contributed by atoms with Crippen LogP contribution < -0.4 is 0 Å². The molecule has 1 aromatic rings. The number of rotatable bonds is 2. The second-order valence-electron chi connectivity index (χ2n) is 2.46. The lowest BCUT2D eigenvalue weighted by Gasteiger charge is -1.92. The number of hydrogen-bond acceptors (Lipinski definition) is 4. The van der Waals surface area contributed by atoms with E-state index in [1.165, 1.54) is 7.11 Å². The molecule has 1 heterocycles. The summed E-state index contributed by atoms with van der Waals surface area (Å²) in [5.41, 5.74) is 0.542. The molecule has 0 aromatic carbocycles. The molecule has 13 heavy (non-hydrogen) atoms. The largest absolute Gasteiger partial charge is 0.463 e. The summed E-state index contributed by atoms with van der Waals surface area (Å²) in [6, 6.07) is 0. The molecule has 1 rings (SSSR count). The summed E-state index contributed by atoms with van der Waals surface area (Å²) in [6.45, 7) is 3.54. The van der Waals surface area contributed by atoms with Crippen molar-refractivity contribution in [2.75, 3.05) is 7.11 Å². The number of carbonyl (C=O) groups is 1. The Labute approximate surface area is 76.2 Å². The zero-order chi connectivity index (χ0) is 9.84. The van der Waals surface area contributed by atoms with Crippen LogP contribution in [0.1, 0.15) is 29.1 Å². The Hall–Kier alpha value is -1.58. The SMILES string of the molecule is C/C=C/c1nc(C)c(C(=O)OC)o1. The molecule has 0 atom stereocenters. The number of ether oxygens (including phenoxy) is 1. The van der Waals surface area contributed by atoms with Crippen molar-refractivity contribution in [1.82, 2.24) is 4.98 Å². The van der Waals surface area contributed by atoms with Crippen molar-refractivity contribution >= 4 is 12.0 Å². The van der Waals surface area contributed by atoms with Crippen molar-refractivity contribution in [2.24, 2.45) is 0 Å². The minimum absolute atomic E-state index is 0.163. The van der Waals surface area contributed by atoms with Crippen LogP contribution in [0.25, 0.3) is 6.08 Å². The van der Waals surface area contributed by atoms with Crippen molar-refractivity contribution in [3.63, 3.8) is 0 Å². The van der Waals surface area contributed by atoms with Gasteiger partial charge in [0.25, 0.3) is 0 Å². The third kappa shape index (κ3) is 1.96. The lowest BCUT2D eigenvalue weighted by molar-refractivity contribution is 0.0563. The fourth-order valence-corrected chi connectivity index (χ4v) is 0.913. The van der Waals surface area contributed by atoms with E-state index in [0.29, 0.717) is 11.6 Å². The molecule has 0 fully saturated rings. The molecule has 0 radical (unpaired) electrons. The lowest BCUT2D eigenvalue weighted by Crippen LogP contribution is -2.00. The Kier molecular flexibility index (Phi) is 2.84. The number of nitrogens with zero attached hydrogens (tertiary/aromatic N) is 1. The van der Waals surface area contributed by atoms with Gasteiger partial charge in [0, 0.05) is 0 Å². The van der Waals surface area contributed by atoms with E-state index in [2.05, 4.69) is 9.72 Å². The van der Waals surface area contributed by atoms with Gasteiger partial charge < -0.3 is 9.15 Å². The number of aromatic nitrogens is 1. The fraction of sp³-hybridized carbons (Fsp3) is 0.333. The molecule has 0 amide bonds. The smallest absolute Gasteiger partial charge is 0.375 e. The van der Waals surface area contributed by atoms with Gasteiger partial charge in [0.15, 0.2) is 0 Å². The minimum atomic E-state index is -0.499. The first-order chi connectivity index (χ1) is 6.19. The van der Waals surface area contributed by atoms with Gasteiger partial charge in [0.2, 0.25) is 11.7 Å². The second-order valence-corrected chi connectivity index (χ2v) is 2.46. The molecular weight excluding hydrogens is 170 g/mol. The van der Waals surface area contributed by atoms with Gasteiger partial charge in [-0.05, 0) is 19.9 Å². The van der Waals surface area contributed by atoms with E-state index in [4.69, 9.17) is 4.42 Å². The Morgan fingerprint density at radius 2 is 2.31 bits per heavy atom. The number of carbonyl (C=O) groups excluding carboxylic acids is 1. The highest BCUT2D eigenvalue weighted by Crippen LogP contribution is 2.12. The number of esters is 1. The monoisotopic (exact) mass is 181 g/mol. The molecule has 0 unspecified atom stereocenters. The van der Waals surface area contributed by atoms with Crippen LogP contribution in [0.4, 0.5) is 0 Å². The van der Waals surface area contributed by atoms with E-state index < -0.39 is 5.97 Å². The van der Waals surface area contributed by atoms with Crippen molar-refractivity contribution in [3.05, 3.63) is 23.4 Å². The van der Waals surface area contributed by atoms with Crippen molar-refractivity contribution in [3.8, 4) is 0 Å². The molecule has 0 bridgehead atoms. The highest BCUT2D eigenvalue weighted by atomic mass is 16.5. The van der Waals surface area contributed by atoms with Crippen molar-refractivity contribution in [1.29, 1.82) is 0 Å². The summed E-state index contributed by atoms with van der Waals surface area (Å²) < 4.78 is 9.65. The third-order valence-electron chi connectivity index (χ3n) is 1.49. The highest BCUT2D eigenvalue weighted by molar-refractivity contribution is 5.87. The molecule has 4 nitrogen and oxygen atoms in total. The summed E-state index contributed by atoms with van der Waals surface area (Å²) >= 11 is 0. The van der Waals surface area contributed by atoms with E-state index >= 15 is 0 Å². The van der Waals surface area contributed by atoms with Gasteiger partial charge in [-0.25, -0.2) is 9.78 Å². The van der Waals surface area contributed by atoms with Gasteiger partial charge in [-0.1, -0.05) is 6.08 Å². The maximum Gasteiger partial charge on any atom is 0.375 e. The third-order valence-corrected chi connectivity index (χ3v) is 1.49. The normalized spacial score (nSPS) is 10.7. The predicted octanol–water partition coefficient (Wildman–Crippen LogP) is 1.80. The first kappa shape index (κ1) is 9.51. The lowest BCUT2D eigenvalue weighted by atomic mass is 10.4. The molecule has 4 heteroatoms. The van der Waals surface area contributed by atoms with Crippen LogP contribution >= 0.6 is 0 Å². The zero-order valence-electron chi connectivity index (χ0n) is 7.83. The molecule has 0 aliphatic carbocycles. The maximum atomic E-state index is 11.1. The van der Waals surface area contributed by atoms with Crippen LogP contribution in [-0.4, -0.2) is 18.1 Å². The van der Waals surface area contributed by atoms with Crippen molar-refractivity contribution in [2.45, 2.75) is 13.8 Å². The fourth-order valence-electron chi connectivity index (χ4n) is 0.913. The van der Waals surface area contributed by atoms with Crippen LogP contribution in [0.5, 0.6) is 0 Å². The summed E-state index contributed by atoms with van der Waals surface area (Å²) in [7, 11) is 1.31. The Bertz CT molecular complexity index is 339. The Balaban J connectivity index is 3.02. The predicted molar refractivity (Wildman–Crippen MR) is 47.3 cm³/mol. The van der Waals surface area contributed by atoms with E-state index in [-0.39, 0.29) is 5.76 Å². The van der Waals surface area contributed by atoms with Gasteiger partial charge in [-0.2, -0.15) is 0 Å². The first-order valence-electron chi connectivity index (χ1n) is 3.87. The summed E-state index contributed by atoms with van der Waals surface area (Å²) in [5.74, 6) is 0.0803. The van der Waals surface area contributed by atoms with E-state index in [0.717, 1.165) is 0 Å². The number of oxazole rings is 1. The Morgan fingerprint density at radius 3 is 2.85 bits per heavy atom. The number of allylic oxidation sites excluding steroid dienone is 1. The average molecular weight is 181 g/mol. The van der Waals surface area contributed by atoms with Gasteiger partial charge in [-0.15, -0.1) is 0 Å². The van der Waals surface area contributed by atoms with Crippen LogP contribution in [0.15, 0.2) is 10.5 Å². The standard InChI is InChI=1S/C9H11NO3/c1-4-5-7-10-6(2)8(13-7)9(11)12-3/h4-5H,1-3H3/b5-4+. The number of aryl methyl sites for hydroxylation is 1. The molecule has 0 aliphatic heterocycles. The first-order valence-corrected chi connectivity index (χ1v) is 3.87. The van der Waals surface area contributed by atoms with Gasteiger partial charge >= 0.3 is 5.97 Å². The van der Waals surface area contributed by atoms with Crippen LogP contribution in [0.3, 0.4) is 0 Å². The summed E-state index contributed by atoms with van der Waals surface area (Å²) in [5, 5.41) is 0. The summed E-state index contributed by atoms with van der Waals surface area (Å²) in [6.07, 6.45) is 3.46. The Morgan fingerprint density at radius 1 is 1.62 bits per heavy atom. The highest BCUT2D eigenvalue weighted by Gasteiger charge is 2.16.